The van der Waals surface area contributed by atoms with E-state index in [4.69, 9.17) is 0 Å². The number of aromatic nitrogens is 1. The maximum Gasteiger partial charge on any atom is 0.245 e. The van der Waals surface area contributed by atoms with Gasteiger partial charge in [-0.2, -0.15) is 0 Å². The number of H-pyrrole nitrogens is 1. The molecule has 0 amide bonds. The number of pyridine rings is 1. The standard InChI is InChI=1S/C8H12N2O3S/c1-2-4-10-14(12,13)8-6-9-5-3-7(8)11/h3,5-6,10H,2,4H2,1H3,(H,9,11). The van der Waals surface area contributed by atoms with Crippen LogP contribution in [0.4, 0.5) is 0 Å². The van der Waals surface area contributed by atoms with Crippen LogP contribution in [0.5, 0.6) is 0 Å². The largest absolute Gasteiger partial charge is 0.366 e. The first-order valence-corrected chi connectivity index (χ1v) is 5.73. The van der Waals surface area contributed by atoms with Gasteiger partial charge < -0.3 is 4.98 Å². The zero-order valence-electron chi connectivity index (χ0n) is 7.78. The monoisotopic (exact) mass is 216 g/mol. The van der Waals surface area contributed by atoms with Gasteiger partial charge in [-0.25, -0.2) is 13.1 Å². The molecule has 78 valence electrons. The first-order valence-electron chi connectivity index (χ1n) is 4.24. The van der Waals surface area contributed by atoms with Gasteiger partial charge in [-0.3, -0.25) is 4.79 Å². The van der Waals surface area contributed by atoms with Crippen molar-refractivity contribution in [1.82, 2.24) is 9.71 Å². The highest BCUT2D eigenvalue weighted by Crippen LogP contribution is 1.98. The molecule has 0 atom stereocenters. The average molecular weight is 216 g/mol. The van der Waals surface area contributed by atoms with Gasteiger partial charge in [-0.1, -0.05) is 6.92 Å². The third-order valence-electron chi connectivity index (χ3n) is 1.62. The van der Waals surface area contributed by atoms with Crippen LogP contribution in [0.2, 0.25) is 0 Å². The first-order chi connectivity index (χ1) is 6.58. The Labute approximate surface area is 82.2 Å². The molecule has 1 rings (SSSR count). The molecule has 0 aliphatic carbocycles. The van der Waals surface area contributed by atoms with Gasteiger partial charge in [-0.05, 0) is 6.42 Å². The van der Waals surface area contributed by atoms with Crippen molar-refractivity contribution in [3.05, 3.63) is 28.7 Å². The summed E-state index contributed by atoms with van der Waals surface area (Å²) in [5.74, 6) is 0. The Kier molecular flexibility index (Phi) is 3.43. The van der Waals surface area contributed by atoms with Crippen LogP contribution in [0, 0.1) is 0 Å². The van der Waals surface area contributed by atoms with E-state index >= 15 is 0 Å². The second-order valence-electron chi connectivity index (χ2n) is 2.77. The van der Waals surface area contributed by atoms with Crippen LogP contribution in [0.25, 0.3) is 0 Å². The summed E-state index contributed by atoms with van der Waals surface area (Å²) >= 11 is 0. The SMILES string of the molecule is CCCNS(=O)(=O)c1c[nH]ccc1=O. The van der Waals surface area contributed by atoms with Gasteiger partial charge in [0.1, 0.15) is 4.90 Å². The second kappa shape index (κ2) is 4.39. The van der Waals surface area contributed by atoms with E-state index in [0.717, 1.165) is 0 Å². The number of aromatic amines is 1. The Balaban J connectivity index is 3.05. The minimum Gasteiger partial charge on any atom is -0.366 e. The van der Waals surface area contributed by atoms with Crippen LogP contribution in [-0.2, 0) is 10.0 Å². The molecule has 5 nitrogen and oxygen atoms in total. The molecule has 0 spiro atoms. The van der Waals surface area contributed by atoms with Crippen molar-refractivity contribution in [3.63, 3.8) is 0 Å². The third-order valence-corrected chi connectivity index (χ3v) is 3.10. The molecular weight excluding hydrogens is 204 g/mol. The number of nitrogens with one attached hydrogen (secondary N) is 2. The molecular formula is C8H12N2O3S. The molecule has 6 heteroatoms. The molecule has 0 aliphatic heterocycles. The van der Waals surface area contributed by atoms with E-state index in [1.807, 2.05) is 6.92 Å². The Morgan fingerprint density at radius 3 is 2.79 bits per heavy atom. The number of hydrogen-bond donors (Lipinski definition) is 2. The summed E-state index contributed by atoms with van der Waals surface area (Å²) in [6, 6.07) is 1.18. The van der Waals surface area contributed by atoms with E-state index in [9.17, 15) is 13.2 Å². The van der Waals surface area contributed by atoms with E-state index in [0.29, 0.717) is 13.0 Å². The Morgan fingerprint density at radius 1 is 1.50 bits per heavy atom. The molecule has 0 bridgehead atoms. The lowest BCUT2D eigenvalue weighted by molar-refractivity contribution is 0.579. The highest BCUT2D eigenvalue weighted by Gasteiger charge is 2.15. The lowest BCUT2D eigenvalue weighted by atomic mass is 10.5. The van der Waals surface area contributed by atoms with E-state index in [-0.39, 0.29) is 4.90 Å². The van der Waals surface area contributed by atoms with Crippen LogP contribution in [0.1, 0.15) is 13.3 Å². The van der Waals surface area contributed by atoms with Gasteiger partial charge >= 0.3 is 0 Å². The molecule has 1 aromatic rings. The molecule has 14 heavy (non-hydrogen) atoms. The molecule has 1 aromatic heterocycles. The smallest absolute Gasteiger partial charge is 0.245 e. The van der Waals surface area contributed by atoms with Crippen LogP contribution < -0.4 is 10.2 Å². The average Bonchev–Trinajstić information content (AvgIpc) is 2.15. The van der Waals surface area contributed by atoms with Crippen LogP contribution in [0.15, 0.2) is 28.2 Å². The van der Waals surface area contributed by atoms with Crippen molar-refractivity contribution < 1.29 is 8.42 Å². The molecule has 0 radical (unpaired) electrons. The van der Waals surface area contributed by atoms with Crippen molar-refractivity contribution in [3.8, 4) is 0 Å². The lowest BCUT2D eigenvalue weighted by Crippen LogP contribution is -2.28. The van der Waals surface area contributed by atoms with Crippen molar-refractivity contribution in [2.45, 2.75) is 18.2 Å². The van der Waals surface area contributed by atoms with Crippen molar-refractivity contribution in [2.24, 2.45) is 0 Å². The maximum atomic E-state index is 11.5. The predicted octanol–water partition coefficient (Wildman–Crippen LogP) is 0.0632. The highest BCUT2D eigenvalue weighted by molar-refractivity contribution is 7.89. The number of sulfonamides is 1. The van der Waals surface area contributed by atoms with E-state index in [1.165, 1.54) is 18.5 Å². The van der Waals surface area contributed by atoms with Gasteiger partial charge in [-0.15, -0.1) is 0 Å². The van der Waals surface area contributed by atoms with Gasteiger partial charge in [0.2, 0.25) is 15.5 Å². The van der Waals surface area contributed by atoms with Crippen LogP contribution >= 0.6 is 0 Å². The molecule has 0 aromatic carbocycles. The van der Waals surface area contributed by atoms with Gasteiger partial charge in [0.15, 0.2) is 0 Å². The van der Waals surface area contributed by atoms with Crippen LogP contribution in [-0.4, -0.2) is 19.9 Å². The van der Waals surface area contributed by atoms with Gasteiger partial charge in [0.25, 0.3) is 0 Å². The predicted molar refractivity (Wildman–Crippen MR) is 52.5 cm³/mol. The summed E-state index contributed by atoms with van der Waals surface area (Å²) in [7, 11) is -3.65. The third kappa shape index (κ3) is 2.43. The second-order valence-corrected chi connectivity index (χ2v) is 4.51. The summed E-state index contributed by atoms with van der Waals surface area (Å²) in [5.41, 5.74) is -0.507. The summed E-state index contributed by atoms with van der Waals surface area (Å²) in [4.78, 5) is 13.5. The quantitative estimate of drug-likeness (QED) is 0.747. The fourth-order valence-electron chi connectivity index (χ4n) is 0.925. The molecule has 2 N–H and O–H groups in total. The summed E-state index contributed by atoms with van der Waals surface area (Å²) in [6.45, 7) is 2.18. The molecule has 0 saturated heterocycles. The van der Waals surface area contributed by atoms with Crippen molar-refractivity contribution in [2.75, 3.05) is 6.54 Å². The zero-order valence-corrected chi connectivity index (χ0v) is 8.60. The Hall–Kier alpha value is -1.14. The van der Waals surface area contributed by atoms with Crippen molar-refractivity contribution >= 4 is 10.0 Å². The van der Waals surface area contributed by atoms with Crippen LogP contribution in [0.3, 0.4) is 0 Å². The number of rotatable bonds is 4. The highest BCUT2D eigenvalue weighted by atomic mass is 32.2. The van der Waals surface area contributed by atoms with E-state index in [2.05, 4.69) is 9.71 Å². The fourth-order valence-corrected chi connectivity index (χ4v) is 2.11. The Bertz CT molecular complexity index is 450. The molecule has 0 aliphatic rings. The van der Waals surface area contributed by atoms with Gasteiger partial charge in [0, 0.05) is 25.0 Å². The maximum absolute atomic E-state index is 11.5. The summed E-state index contributed by atoms with van der Waals surface area (Å²) in [6.07, 6.45) is 3.26. The minimum atomic E-state index is -3.65. The summed E-state index contributed by atoms with van der Waals surface area (Å²) < 4.78 is 25.3. The molecule has 0 unspecified atom stereocenters. The molecule has 0 fully saturated rings. The summed E-state index contributed by atoms with van der Waals surface area (Å²) in [5, 5.41) is 0. The molecule has 1 heterocycles. The fraction of sp³-hybridized carbons (Fsp3) is 0.375. The van der Waals surface area contributed by atoms with E-state index in [1.54, 1.807) is 0 Å². The van der Waals surface area contributed by atoms with Gasteiger partial charge in [0.05, 0.1) is 0 Å². The van der Waals surface area contributed by atoms with Crippen molar-refractivity contribution in [1.29, 1.82) is 0 Å². The van der Waals surface area contributed by atoms with E-state index < -0.39 is 15.5 Å². The molecule has 0 saturated carbocycles. The Morgan fingerprint density at radius 2 is 2.21 bits per heavy atom. The zero-order chi connectivity index (χ0) is 10.6. The number of hydrogen-bond acceptors (Lipinski definition) is 3. The first kappa shape index (κ1) is 10.9. The normalized spacial score (nSPS) is 11.5. The minimum absolute atomic E-state index is 0.242. The topological polar surface area (TPSA) is 79.0 Å². The lowest BCUT2D eigenvalue weighted by Gasteiger charge is -2.03.